The number of sulfonamides is 1. The number of nitrogens with zero attached hydrogens (tertiary/aromatic N) is 4. The summed E-state index contributed by atoms with van der Waals surface area (Å²) in [6.07, 6.45) is 2.87. The highest BCUT2D eigenvalue weighted by Gasteiger charge is 2.29. The van der Waals surface area contributed by atoms with E-state index in [1.54, 1.807) is 4.57 Å². The molecule has 0 aliphatic carbocycles. The maximum absolute atomic E-state index is 12.2. The van der Waals surface area contributed by atoms with Crippen molar-refractivity contribution in [2.45, 2.75) is 31.5 Å². The van der Waals surface area contributed by atoms with Crippen molar-refractivity contribution in [3.63, 3.8) is 0 Å². The van der Waals surface area contributed by atoms with Crippen molar-refractivity contribution in [1.82, 2.24) is 13.9 Å². The van der Waals surface area contributed by atoms with Gasteiger partial charge in [0.1, 0.15) is 0 Å². The zero-order valence-electron chi connectivity index (χ0n) is 10.5. The van der Waals surface area contributed by atoms with Gasteiger partial charge in [-0.2, -0.15) is 4.31 Å². The molecule has 0 spiro atoms. The van der Waals surface area contributed by atoms with Gasteiger partial charge in [-0.05, 0) is 13.8 Å². The van der Waals surface area contributed by atoms with E-state index in [1.807, 2.05) is 6.92 Å². The van der Waals surface area contributed by atoms with Crippen molar-refractivity contribution in [1.29, 1.82) is 0 Å². The first-order valence-electron chi connectivity index (χ1n) is 5.31. The molecule has 1 aromatic heterocycles. The van der Waals surface area contributed by atoms with Crippen LogP contribution in [0.5, 0.6) is 0 Å². The van der Waals surface area contributed by atoms with Gasteiger partial charge in [-0.15, -0.1) is 0 Å². The molecule has 18 heavy (non-hydrogen) atoms. The SMILES string of the molecule is CCn1cnc(S(=O)(=O)N(C)C(C)C(N)=NO)c1. The lowest BCUT2D eigenvalue weighted by Gasteiger charge is -2.21. The fourth-order valence-electron chi connectivity index (χ4n) is 1.27. The number of hydrogen-bond donors (Lipinski definition) is 2. The van der Waals surface area contributed by atoms with Crippen molar-refractivity contribution in [3.8, 4) is 0 Å². The number of likely N-dealkylation sites (N-methyl/N-ethyl adjacent to an activating group) is 1. The molecule has 1 aromatic rings. The Kier molecular flexibility index (Phi) is 4.30. The van der Waals surface area contributed by atoms with Crippen LogP contribution in [0.3, 0.4) is 0 Å². The minimum absolute atomic E-state index is 0.0653. The molecule has 0 radical (unpaired) electrons. The number of imidazole rings is 1. The van der Waals surface area contributed by atoms with E-state index in [-0.39, 0.29) is 10.9 Å². The second-order valence-corrected chi connectivity index (χ2v) is 5.71. The van der Waals surface area contributed by atoms with Gasteiger partial charge in [0.2, 0.25) is 0 Å². The molecule has 1 atom stereocenters. The van der Waals surface area contributed by atoms with E-state index in [1.165, 1.54) is 26.5 Å². The molecule has 1 rings (SSSR count). The summed E-state index contributed by atoms with van der Waals surface area (Å²) in [7, 11) is -2.40. The largest absolute Gasteiger partial charge is 0.409 e. The van der Waals surface area contributed by atoms with Crippen LogP contribution in [0.4, 0.5) is 0 Å². The summed E-state index contributed by atoms with van der Waals surface area (Å²) in [6, 6.07) is -0.758. The second kappa shape index (κ2) is 5.36. The molecular weight excluding hydrogens is 258 g/mol. The van der Waals surface area contributed by atoms with E-state index in [2.05, 4.69) is 10.1 Å². The molecular formula is C9H17N5O3S. The molecule has 1 heterocycles. The van der Waals surface area contributed by atoms with Gasteiger partial charge in [0, 0.05) is 19.8 Å². The van der Waals surface area contributed by atoms with Gasteiger partial charge in [-0.3, -0.25) is 0 Å². The summed E-state index contributed by atoms with van der Waals surface area (Å²) < 4.78 is 27.0. The summed E-state index contributed by atoms with van der Waals surface area (Å²) in [5.41, 5.74) is 5.39. The molecule has 0 amide bonds. The zero-order valence-corrected chi connectivity index (χ0v) is 11.3. The van der Waals surface area contributed by atoms with Gasteiger partial charge in [-0.1, -0.05) is 5.16 Å². The standard InChI is InChI=1S/C9H17N5O3S/c1-4-14-5-8(11-6-14)18(16,17)13(3)7(2)9(10)12-15/h5-7,15H,4H2,1-3H3,(H2,10,12). The van der Waals surface area contributed by atoms with Gasteiger partial charge in [0.15, 0.2) is 10.9 Å². The number of oxime groups is 1. The van der Waals surface area contributed by atoms with Crippen molar-refractivity contribution < 1.29 is 13.6 Å². The Labute approximate surface area is 106 Å². The molecule has 3 N–H and O–H groups in total. The molecule has 102 valence electrons. The van der Waals surface area contributed by atoms with Crippen molar-refractivity contribution >= 4 is 15.9 Å². The topological polar surface area (TPSA) is 114 Å². The highest BCUT2D eigenvalue weighted by atomic mass is 32.2. The third kappa shape index (κ3) is 2.62. The van der Waals surface area contributed by atoms with Crippen LogP contribution in [0.2, 0.25) is 0 Å². The van der Waals surface area contributed by atoms with E-state index in [0.717, 1.165) is 4.31 Å². The number of nitrogens with two attached hydrogens (primary N) is 1. The van der Waals surface area contributed by atoms with Crippen molar-refractivity contribution in [3.05, 3.63) is 12.5 Å². The van der Waals surface area contributed by atoms with Crippen LogP contribution in [0.25, 0.3) is 0 Å². The Morgan fingerprint density at radius 2 is 2.33 bits per heavy atom. The molecule has 1 unspecified atom stereocenters. The van der Waals surface area contributed by atoms with Gasteiger partial charge < -0.3 is 15.5 Å². The van der Waals surface area contributed by atoms with E-state index < -0.39 is 16.1 Å². The quantitative estimate of drug-likeness (QED) is 0.330. The van der Waals surface area contributed by atoms with Crippen molar-refractivity contribution in [2.24, 2.45) is 10.9 Å². The summed E-state index contributed by atoms with van der Waals surface area (Å²) in [5, 5.41) is 11.3. The number of aryl methyl sites for hydroxylation is 1. The fraction of sp³-hybridized carbons (Fsp3) is 0.556. The lowest BCUT2D eigenvalue weighted by atomic mass is 10.3. The lowest BCUT2D eigenvalue weighted by molar-refractivity contribution is 0.311. The van der Waals surface area contributed by atoms with Crippen LogP contribution in [0.15, 0.2) is 22.7 Å². The summed E-state index contributed by atoms with van der Waals surface area (Å²) in [6.45, 7) is 4.02. The predicted molar refractivity (Wildman–Crippen MR) is 65.7 cm³/mol. The third-order valence-corrected chi connectivity index (χ3v) is 4.52. The smallest absolute Gasteiger partial charge is 0.262 e. The first-order chi connectivity index (χ1) is 8.34. The van der Waals surface area contributed by atoms with Gasteiger partial charge >= 0.3 is 0 Å². The molecule has 0 aromatic carbocycles. The molecule has 0 aliphatic rings. The summed E-state index contributed by atoms with van der Waals surface area (Å²) in [5.74, 6) is -0.184. The van der Waals surface area contributed by atoms with Crippen molar-refractivity contribution in [2.75, 3.05) is 7.05 Å². The lowest BCUT2D eigenvalue weighted by Crippen LogP contribution is -2.43. The number of hydrogen-bond acceptors (Lipinski definition) is 5. The predicted octanol–water partition coefficient (Wildman–Crippen LogP) is -0.342. The average Bonchev–Trinajstić information content (AvgIpc) is 2.85. The summed E-state index contributed by atoms with van der Waals surface area (Å²) >= 11 is 0. The summed E-state index contributed by atoms with van der Waals surface area (Å²) in [4.78, 5) is 3.84. The Balaban J connectivity index is 3.06. The molecule has 0 fully saturated rings. The first kappa shape index (κ1) is 14.5. The van der Waals surface area contributed by atoms with E-state index in [9.17, 15) is 8.42 Å². The van der Waals surface area contributed by atoms with E-state index in [4.69, 9.17) is 10.9 Å². The number of amidine groups is 1. The van der Waals surface area contributed by atoms with Gasteiger partial charge in [0.25, 0.3) is 10.0 Å². The maximum Gasteiger partial charge on any atom is 0.262 e. The molecule has 0 aliphatic heterocycles. The van der Waals surface area contributed by atoms with Gasteiger partial charge in [-0.25, -0.2) is 13.4 Å². The molecule has 0 saturated heterocycles. The minimum Gasteiger partial charge on any atom is -0.409 e. The highest BCUT2D eigenvalue weighted by Crippen LogP contribution is 2.14. The Hall–Kier alpha value is -1.61. The number of rotatable bonds is 5. The first-order valence-corrected chi connectivity index (χ1v) is 6.75. The molecule has 0 saturated carbocycles. The number of aromatic nitrogens is 2. The highest BCUT2D eigenvalue weighted by molar-refractivity contribution is 7.89. The Morgan fingerprint density at radius 1 is 1.72 bits per heavy atom. The average molecular weight is 275 g/mol. The molecule has 9 heteroatoms. The van der Waals surface area contributed by atoms with Crippen LogP contribution >= 0.6 is 0 Å². The Morgan fingerprint density at radius 3 is 2.78 bits per heavy atom. The van der Waals surface area contributed by atoms with Crippen LogP contribution in [-0.2, 0) is 16.6 Å². The third-order valence-electron chi connectivity index (χ3n) is 2.71. The Bertz CT molecular complexity index is 536. The van der Waals surface area contributed by atoms with E-state index in [0.29, 0.717) is 6.54 Å². The van der Waals surface area contributed by atoms with Crippen LogP contribution in [-0.4, -0.2) is 46.4 Å². The molecule has 0 bridgehead atoms. The maximum atomic E-state index is 12.2. The van der Waals surface area contributed by atoms with E-state index >= 15 is 0 Å². The molecule has 8 nitrogen and oxygen atoms in total. The van der Waals surface area contributed by atoms with Crippen LogP contribution < -0.4 is 5.73 Å². The van der Waals surface area contributed by atoms with Gasteiger partial charge in [0.05, 0.1) is 12.4 Å². The minimum atomic E-state index is -3.75. The fourth-order valence-corrected chi connectivity index (χ4v) is 2.54. The second-order valence-electron chi connectivity index (χ2n) is 3.76. The van der Waals surface area contributed by atoms with Crippen LogP contribution in [0, 0.1) is 0 Å². The van der Waals surface area contributed by atoms with Crippen LogP contribution in [0.1, 0.15) is 13.8 Å². The normalized spacial score (nSPS) is 15.0. The zero-order chi connectivity index (χ0) is 13.9. The monoisotopic (exact) mass is 275 g/mol.